The molecule has 1 aromatic heterocycles. The Bertz CT molecular complexity index is 1920. The van der Waals surface area contributed by atoms with Crippen LogP contribution in [0.1, 0.15) is 34.6 Å². The molecule has 7 rings (SSSR count). The summed E-state index contributed by atoms with van der Waals surface area (Å²) >= 11 is 0. The second-order valence-electron chi connectivity index (χ2n) is 11.9. The van der Waals surface area contributed by atoms with E-state index in [1.54, 1.807) is 0 Å². The van der Waals surface area contributed by atoms with Crippen LogP contribution in [0.25, 0.3) is 54.6 Å². The lowest BCUT2D eigenvalue weighted by atomic mass is 9.83. The zero-order valence-corrected chi connectivity index (χ0v) is 23.7. The van der Waals surface area contributed by atoms with Crippen LogP contribution in [0.5, 0.6) is 0 Å². The number of fused-ring (bicyclic) bond motifs is 3. The van der Waals surface area contributed by atoms with Crippen LogP contribution in [0.2, 0.25) is 0 Å². The summed E-state index contributed by atoms with van der Waals surface area (Å²) in [4.78, 5) is 12.1. The number of anilines is 1. The van der Waals surface area contributed by atoms with Gasteiger partial charge in [-0.25, -0.2) is 0 Å². The highest BCUT2D eigenvalue weighted by atomic mass is 15.3. The standard InChI is InChI=1S/C37H33N3/c1-24-39-36(2,3)37(4,5)40(24)29-21-28(22-38-23-29)35-32-16-10-8-14-30(32)34(31-15-9-11-17-33(31)35)27-19-18-25-12-6-7-13-26(25)20-27/h6-23H,1-5H3. The topological polar surface area (TPSA) is 28.5 Å². The summed E-state index contributed by atoms with van der Waals surface area (Å²) in [5.41, 5.74) is 5.53. The molecule has 0 amide bonds. The number of hydrogen-bond donors (Lipinski definition) is 0. The van der Waals surface area contributed by atoms with E-state index >= 15 is 0 Å². The molecule has 2 heterocycles. The summed E-state index contributed by atoms with van der Waals surface area (Å²) in [5.74, 6) is 1.02. The summed E-state index contributed by atoms with van der Waals surface area (Å²) in [6.45, 7) is 11.1. The molecule has 1 aliphatic rings. The van der Waals surface area contributed by atoms with Crippen molar-refractivity contribution in [3.63, 3.8) is 0 Å². The molecule has 3 nitrogen and oxygen atoms in total. The van der Waals surface area contributed by atoms with Gasteiger partial charge >= 0.3 is 0 Å². The van der Waals surface area contributed by atoms with Gasteiger partial charge in [0.2, 0.25) is 0 Å². The number of benzene rings is 5. The van der Waals surface area contributed by atoms with E-state index < -0.39 is 0 Å². The van der Waals surface area contributed by atoms with E-state index in [1.807, 2.05) is 12.4 Å². The van der Waals surface area contributed by atoms with Gasteiger partial charge in [0.05, 0.1) is 23.0 Å². The molecular formula is C37H33N3. The van der Waals surface area contributed by atoms with Gasteiger partial charge in [-0.1, -0.05) is 84.9 Å². The molecule has 1 aliphatic heterocycles. The van der Waals surface area contributed by atoms with Gasteiger partial charge in [0.15, 0.2) is 0 Å². The molecule has 6 aromatic rings. The van der Waals surface area contributed by atoms with Crippen LogP contribution in [0, 0.1) is 0 Å². The lowest BCUT2D eigenvalue weighted by Crippen LogP contribution is -2.53. The molecule has 0 spiro atoms. The Balaban J connectivity index is 1.50. The van der Waals surface area contributed by atoms with Gasteiger partial charge in [-0.15, -0.1) is 0 Å². The fourth-order valence-corrected chi connectivity index (χ4v) is 6.56. The first-order valence-electron chi connectivity index (χ1n) is 14.0. The first kappa shape index (κ1) is 24.5. The fraction of sp³-hybridized carbons (Fsp3) is 0.189. The monoisotopic (exact) mass is 519 g/mol. The summed E-state index contributed by atoms with van der Waals surface area (Å²) in [6, 6.07) is 35.3. The van der Waals surface area contributed by atoms with Crippen molar-refractivity contribution in [1.82, 2.24) is 4.98 Å². The van der Waals surface area contributed by atoms with Gasteiger partial charge in [-0.2, -0.15) is 0 Å². The van der Waals surface area contributed by atoms with Crippen molar-refractivity contribution in [3.8, 4) is 22.3 Å². The molecule has 40 heavy (non-hydrogen) atoms. The lowest BCUT2D eigenvalue weighted by Gasteiger charge is -2.41. The minimum atomic E-state index is -0.200. The zero-order chi connectivity index (χ0) is 27.6. The molecule has 0 bridgehead atoms. The second-order valence-corrected chi connectivity index (χ2v) is 11.9. The number of rotatable bonds is 3. The van der Waals surface area contributed by atoms with E-state index in [0.29, 0.717) is 0 Å². The van der Waals surface area contributed by atoms with E-state index in [9.17, 15) is 0 Å². The summed E-state index contributed by atoms with van der Waals surface area (Å²) in [6.07, 6.45) is 3.98. The van der Waals surface area contributed by atoms with Gasteiger partial charge in [0, 0.05) is 11.8 Å². The predicted octanol–water partition coefficient (Wildman–Crippen LogP) is 9.67. The maximum atomic E-state index is 5.02. The highest BCUT2D eigenvalue weighted by molar-refractivity contribution is 6.21. The molecule has 0 unspecified atom stereocenters. The predicted molar refractivity (Wildman–Crippen MR) is 171 cm³/mol. The zero-order valence-electron chi connectivity index (χ0n) is 23.7. The van der Waals surface area contributed by atoms with Crippen LogP contribution in [-0.2, 0) is 0 Å². The third kappa shape index (κ3) is 3.57. The maximum Gasteiger partial charge on any atom is 0.102 e. The molecule has 196 valence electrons. The summed E-state index contributed by atoms with van der Waals surface area (Å²) in [7, 11) is 0. The third-order valence-corrected chi connectivity index (χ3v) is 9.06. The third-order valence-electron chi connectivity index (χ3n) is 9.06. The van der Waals surface area contributed by atoms with Gasteiger partial charge in [0.1, 0.15) is 5.84 Å². The maximum absolute atomic E-state index is 5.02. The highest BCUT2D eigenvalue weighted by Gasteiger charge is 2.48. The minimum absolute atomic E-state index is 0.179. The van der Waals surface area contributed by atoms with Gasteiger partial charge < -0.3 is 4.90 Å². The molecule has 0 aliphatic carbocycles. The van der Waals surface area contributed by atoms with Crippen molar-refractivity contribution in [3.05, 3.63) is 109 Å². The highest BCUT2D eigenvalue weighted by Crippen LogP contribution is 2.46. The molecule has 0 saturated carbocycles. The van der Waals surface area contributed by atoms with Crippen LogP contribution >= 0.6 is 0 Å². The van der Waals surface area contributed by atoms with Crippen molar-refractivity contribution in [2.24, 2.45) is 4.99 Å². The molecule has 0 atom stereocenters. The lowest BCUT2D eigenvalue weighted by molar-refractivity contribution is 0.338. The van der Waals surface area contributed by atoms with Crippen molar-refractivity contribution in [2.45, 2.75) is 45.7 Å². The number of pyridine rings is 1. The largest absolute Gasteiger partial charge is 0.321 e. The Labute approximate surface area is 235 Å². The molecule has 0 N–H and O–H groups in total. The van der Waals surface area contributed by atoms with Gasteiger partial charge in [0.25, 0.3) is 0 Å². The average Bonchev–Trinajstić information content (AvgIpc) is 3.12. The van der Waals surface area contributed by atoms with Crippen molar-refractivity contribution in [2.75, 3.05) is 4.90 Å². The molecule has 0 saturated heterocycles. The summed E-state index contributed by atoms with van der Waals surface area (Å²) < 4.78 is 0. The number of aromatic nitrogens is 1. The van der Waals surface area contributed by atoms with Gasteiger partial charge in [-0.05, 0) is 95.8 Å². The average molecular weight is 520 g/mol. The Morgan fingerprint density at radius 2 is 1.12 bits per heavy atom. The number of hydrogen-bond acceptors (Lipinski definition) is 3. The smallest absolute Gasteiger partial charge is 0.102 e. The quantitative estimate of drug-likeness (QED) is 0.218. The van der Waals surface area contributed by atoms with E-state index in [1.165, 1.54) is 49.0 Å². The van der Waals surface area contributed by atoms with Crippen LogP contribution in [0.3, 0.4) is 0 Å². The van der Waals surface area contributed by atoms with Crippen molar-refractivity contribution in [1.29, 1.82) is 0 Å². The number of nitrogens with zero attached hydrogens (tertiary/aromatic N) is 3. The van der Waals surface area contributed by atoms with Gasteiger partial charge in [-0.3, -0.25) is 9.98 Å². The number of aliphatic imine (C=N–C) groups is 1. The van der Waals surface area contributed by atoms with Crippen LogP contribution in [-0.4, -0.2) is 21.9 Å². The molecule has 0 fully saturated rings. The number of amidine groups is 1. The summed E-state index contributed by atoms with van der Waals surface area (Å²) in [5, 5.41) is 7.47. The normalized spacial score (nSPS) is 16.1. The van der Waals surface area contributed by atoms with Crippen molar-refractivity contribution >= 4 is 43.8 Å². The van der Waals surface area contributed by atoms with E-state index in [4.69, 9.17) is 9.98 Å². The van der Waals surface area contributed by atoms with Crippen molar-refractivity contribution < 1.29 is 0 Å². The SMILES string of the molecule is CC1=NC(C)(C)C(C)(C)N1c1cncc(-c2c3ccccc3c(-c3ccc4ccccc4c3)c3ccccc23)c1. The van der Waals surface area contributed by atoms with Crippen LogP contribution in [0.4, 0.5) is 5.69 Å². The molecule has 5 aromatic carbocycles. The fourth-order valence-electron chi connectivity index (χ4n) is 6.56. The van der Waals surface area contributed by atoms with E-state index in [-0.39, 0.29) is 11.1 Å². The second kappa shape index (κ2) is 8.76. The van der Waals surface area contributed by atoms with E-state index in [0.717, 1.165) is 17.1 Å². The Kier molecular flexibility index (Phi) is 5.37. The minimum Gasteiger partial charge on any atom is -0.321 e. The Morgan fingerprint density at radius 1 is 0.575 bits per heavy atom. The molecular weight excluding hydrogens is 486 g/mol. The molecule has 3 heteroatoms. The van der Waals surface area contributed by atoms with Crippen LogP contribution in [0.15, 0.2) is 114 Å². The molecule has 0 radical (unpaired) electrons. The first-order valence-corrected chi connectivity index (χ1v) is 14.0. The van der Waals surface area contributed by atoms with E-state index in [2.05, 4.69) is 137 Å². The van der Waals surface area contributed by atoms with Crippen LogP contribution < -0.4 is 4.90 Å². The Hall–Kier alpha value is -4.50. The Morgan fingerprint density at radius 3 is 1.70 bits per heavy atom. The first-order chi connectivity index (χ1) is 19.3.